The molecule has 9 nitrogen and oxygen atoms in total. The summed E-state index contributed by atoms with van der Waals surface area (Å²) in [6, 6.07) is 22.4. The van der Waals surface area contributed by atoms with Gasteiger partial charge in [0.25, 0.3) is 0 Å². The first-order valence-corrected chi connectivity index (χ1v) is 15.3. The summed E-state index contributed by atoms with van der Waals surface area (Å²) in [7, 11) is 3.22. The van der Waals surface area contributed by atoms with E-state index in [1.54, 1.807) is 19.7 Å². The van der Waals surface area contributed by atoms with Crippen LogP contribution in [0.15, 0.2) is 72.8 Å². The van der Waals surface area contributed by atoms with Gasteiger partial charge in [-0.2, -0.15) is 0 Å². The largest absolute Gasteiger partial charge is 0.497 e. The van der Waals surface area contributed by atoms with Gasteiger partial charge in [0.2, 0.25) is 17.7 Å². The Morgan fingerprint density at radius 2 is 1.62 bits per heavy atom. The molecule has 3 aromatic rings. The number of hydrogen-bond acceptors (Lipinski definition) is 6. The van der Waals surface area contributed by atoms with E-state index in [4.69, 9.17) is 9.47 Å². The van der Waals surface area contributed by atoms with Gasteiger partial charge >= 0.3 is 0 Å². The SMILES string of the molecule is COC[C@@H](NC(=O)[C@@H](NC(=O)[C@H](CCCc1ccc(-c2cccc(OC)c2)c(C)c1)CC(=O)NO)C(C)(C)C)c1ccccc1. The number of hydrogen-bond donors (Lipinski definition) is 4. The van der Waals surface area contributed by atoms with Crippen LogP contribution in [-0.4, -0.2) is 49.8 Å². The summed E-state index contributed by atoms with van der Waals surface area (Å²) in [5.74, 6) is -1.37. The number of amides is 3. The van der Waals surface area contributed by atoms with Crippen molar-refractivity contribution in [3.8, 4) is 16.9 Å². The second-order valence-corrected chi connectivity index (χ2v) is 12.4. The molecule has 0 radical (unpaired) electrons. The van der Waals surface area contributed by atoms with Gasteiger partial charge in [-0.1, -0.05) is 81.4 Å². The predicted molar refractivity (Wildman–Crippen MR) is 175 cm³/mol. The molecule has 45 heavy (non-hydrogen) atoms. The quantitative estimate of drug-likeness (QED) is 0.131. The lowest BCUT2D eigenvalue weighted by molar-refractivity contribution is -0.137. The van der Waals surface area contributed by atoms with Crippen molar-refractivity contribution in [2.24, 2.45) is 11.3 Å². The molecule has 3 rings (SSSR count). The Labute approximate surface area is 266 Å². The van der Waals surface area contributed by atoms with Crippen molar-refractivity contribution in [2.45, 2.75) is 65.5 Å². The molecule has 0 bridgehead atoms. The van der Waals surface area contributed by atoms with Crippen molar-refractivity contribution in [1.82, 2.24) is 16.1 Å². The molecule has 0 spiro atoms. The van der Waals surface area contributed by atoms with Crippen LogP contribution in [0.5, 0.6) is 5.75 Å². The van der Waals surface area contributed by atoms with Gasteiger partial charge in [-0.25, -0.2) is 5.48 Å². The van der Waals surface area contributed by atoms with E-state index in [1.165, 1.54) is 0 Å². The highest BCUT2D eigenvalue weighted by Crippen LogP contribution is 2.28. The number of carbonyl (C=O) groups excluding carboxylic acids is 3. The van der Waals surface area contributed by atoms with Crippen molar-refractivity contribution in [3.63, 3.8) is 0 Å². The Morgan fingerprint density at radius 1 is 0.889 bits per heavy atom. The number of benzene rings is 3. The molecule has 9 heteroatoms. The van der Waals surface area contributed by atoms with Crippen LogP contribution in [0.3, 0.4) is 0 Å². The molecule has 0 fully saturated rings. The van der Waals surface area contributed by atoms with Crippen LogP contribution in [0, 0.1) is 18.3 Å². The van der Waals surface area contributed by atoms with Gasteiger partial charge in [-0.15, -0.1) is 0 Å². The molecule has 0 saturated heterocycles. The molecule has 0 heterocycles. The van der Waals surface area contributed by atoms with E-state index in [0.717, 1.165) is 33.6 Å². The van der Waals surface area contributed by atoms with Crippen molar-refractivity contribution >= 4 is 17.7 Å². The van der Waals surface area contributed by atoms with Crippen LogP contribution in [-0.2, 0) is 25.5 Å². The van der Waals surface area contributed by atoms with Gasteiger partial charge in [-0.3, -0.25) is 19.6 Å². The van der Waals surface area contributed by atoms with Gasteiger partial charge in [-0.05, 0) is 71.6 Å². The first-order valence-electron chi connectivity index (χ1n) is 15.3. The Kier molecular flexibility index (Phi) is 13.1. The lowest BCUT2D eigenvalue weighted by Gasteiger charge is -2.33. The first kappa shape index (κ1) is 35.3. The summed E-state index contributed by atoms with van der Waals surface area (Å²) < 4.78 is 10.7. The molecule has 0 unspecified atom stereocenters. The summed E-state index contributed by atoms with van der Waals surface area (Å²) >= 11 is 0. The van der Waals surface area contributed by atoms with Crippen LogP contribution in [0.2, 0.25) is 0 Å². The number of rotatable bonds is 15. The molecule has 0 aliphatic rings. The molecule has 0 aliphatic carbocycles. The zero-order chi connectivity index (χ0) is 33.0. The molecule has 0 aliphatic heterocycles. The molecule has 3 amide bonds. The normalized spacial score (nSPS) is 13.3. The van der Waals surface area contributed by atoms with Crippen LogP contribution in [0.1, 0.15) is 62.8 Å². The lowest BCUT2D eigenvalue weighted by atomic mass is 9.85. The van der Waals surface area contributed by atoms with Gasteiger partial charge in [0.15, 0.2) is 0 Å². The standard InChI is InChI=1S/C36H47N3O6/c1-24-20-25(18-19-30(24)27-15-11-17-29(21-27)45-6)12-10-16-28(22-32(40)39-43)34(41)38-33(36(2,3)4)35(42)37-31(23-44-5)26-13-8-7-9-14-26/h7-9,11,13-15,17-21,28,31,33,43H,10,12,16,22-23H2,1-6H3,(H,37,42)(H,38,41)(H,39,40)/t28-,31-,33-/m1/s1. The second kappa shape index (κ2) is 16.7. The van der Waals surface area contributed by atoms with E-state index >= 15 is 0 Å². The number of methoxy groups -OCH3 is 2. The zero-order valence-electron chi connectivity index (χ0n) is 27.2. The number of nitrogens with one attached hydrogen (secondary N) is 3. The smallest absolute Gasteiger partial charge is 0.244 e. The number of hydroxylamine groups is 1. The molecule has 3 aromatic carbocycles. The fraction of sp³-hybridized carbons (Fsp3) is 0.417. The first-order chi connectivity index (χ1) is 21.5. The Balaban J connectivity index is 1.70. The topological polar surface area (TPSA) is 126 Å². The molecular formula is C36H47N3O6. The monoisotopic (exact) mass is 617 g/mol. The van der Waals surface area contributed by atoms with Gasteiger partial charge in [0.1, 0.15) is 11.8 Å². The maximum Gasteiger partial charge on any atom is 0.244 e. The Bertz CT molecular complexity index is 1420. The second-order valence-electron chi connectivity index (χ2n) is 12.4. The fourth-order valence-electron chi connectivity index (χ4n) is 5.41. The summed E-state index contributed by atoms with van der Waals surface area (Å²) in [4.78, 5) is 39.3. The van der Waals surface area contributed by atoms with Crippen molar-refractivity contribution < 1.29 is 29.1 Å². The summed E-state index contributed by atoms with van der Waals surface area (Å²) in [6.07, 6.45) is 1.52. The minimum absolute atomic E-state index is 0.203. The highest BCUT2D eigenvalue weighted by atomic mass is 16.5. The van der Waals surface area contributed by atoms with Crippen LogP contribution >= 0.6 is 0 Å². The third-order valence-electron chi connectivity index (χ3n) is 7.88. The van der Waals surface area contributed by atoms with Crippen LogP contribution < -0.4 is 20.9 Å². The third kappa shape index (κ3) is 10.4. The van der Waals surface area contributed by atoms with E-state index in [2.05, 4.69) is 35.8 Å². The molecule has 4 N–H and O–H groups in total. The molecular weight excluding hydrogens is 570 g/mol. The van der Waals surface area contributed by atoms with Crippen molar-refractivity contribution in [2.75, 3.05) is 20.8 Å². The maximum atomic E-state index is 13.6. The molecule has 0 aromatic heterocycles. The van der Waals surface area contributed by atoms with Crippen LogP contribution in [0.4, 0.5) is 0 Å². The molecule has 0 saturated carbocycles. The van der Waals surface area contributed by atoms with Gasteiger partial charge < -0.3 is 20.1 Å². The number of carbonyl (C=O) groups is 3. The van der Waals surface area contributed by atoms with Gasteiger partial charge in [0, 0.05) is 19.4 Å². The summed E-state index contributed by atoms with van der Waals surface area (Å²) in [5, 5.41) is 15.1. The molecule has 3 atom stereocenters. The summed E-state index contributed by atoms with van der Waals surface area (Å²) in [6.45, 7) is 7.95. The number of aryl methyl sites for hydroxylation is 2. The minimum Gasteiger partial charge on any atom is -0.497 e. The van der Waals surface area contributed by atoms with E-state index in [0.29, 0.717) is 19.3 Å². The number of ether oxygens (including phenoxy) is 2. The lowest BCUT2D eigenvalue weighted by Crippen LogP contribution is -2.55. The highest BCUT2D eigenvalue weighted by Gasteiger charge is 2.36. The van der Waals surface area contributed by atoms with Gasteiger partial charge in [0.05, 0.1) is 19.8 Å². The fourth-order valence-corrected chi connectivity index (χ4v) is 5.41. The minimum atomic E-state index is -0.875. The predicted octanol–water partition coefficient (Wildman–Crippen LogP) is 5.54. The van der Waals surface area contributed by atoms with E-state index in [-0.39, 0.29) is 18.9 Å². The van der Waals surface area contributed by atoms with Crippen molar-refractivity contribution in [3.05, 3.63) is 89.5 Å². The average molecular weight is 618 g/mol. The average Bonchev–Trinajstić information content (AvgIpc) is 3.02. The zero-order valence-corrected chi connectivity index (χ0v) is 27.2. The Morgan fingerprint density at radius 3 is 2.24 bits per heavy atom. The van der Waals surface area contributed by atoms with E-state index < -0.39 is 35.2 Å². The van der Waals surface area contributed by atoms with E-state index in [1.807, 2.05) is 75.4 Å². The van der Waals surface area contributed by atoms with Crippen LogP contribution in [0.25, 0.3) is 11.1 Å². The van der Waals surface area contributed by atoms with E-state index in [9.17, 15) is 19.6 Å². The summed E-state index contributed by atoms with van der Waals surface area (Å²) in [5.41, 5.74) is 6.32. The Hall–Kier alpha value is -4.21. The van der Waals surface area contributed by atoms with Crippen molar-refractivity contribution in [1.29, 1.82) is 0 Å². The maximum absolute atomic E-state index is 13.6. The highest BCUT2D eigenvalue weighted by molar-refractivity contribution is 5.91. The molecule has 242 valence electrons. The third-order valence-corrected chi connectivity index (χ3v) is 7.88.